The molecule has 2 nitrogen and oxygen atoms in total. The fraction of sp³-hybridized carbons (Fsp3) is 0.111. The Balaban J connectivity index is 2.93. The molecule has 0 saturated carbocycles. The number of phenols is 1. The van der Waals surface area contributed by atoms with Gasteiger partial charge in [-0.1, -0.05) is 0 Å². The van der Waals surface area contributed by atoms with Gasteiger partial charge in [-0.25, -0.2) is 0 Å². The number of nitrogen functional groups attached to an aromatic ring is 1. The molecule has 0 atom stereocenters. The summed E-state index contributed by atoms with van der Waals surface area (Å²) in [5, 5.41) is 12.3. The standard InChI is InChI=1S/C9H9NOS/c1-5-8(11)3-2-6-7(10)4-12-9(5)6/h2-4,11H,10H2,1H3. The number of rotatable bonds is 0. The zero-order chi connectivity index (χ0) is 8.72. The van der Waals surface area contributed by atoms with Crippen LogP contribution in [0, 0.1) is 6.92 Å². The summed E-state index contributed by atoms with van der Waals surface area (Å²) in [6.45, 7) is 1.90. The van der Waals surface area contributed by atoms with Crippen molar-refractivity contribution in [1.29, 1.82) is 0 Å². The Kier molecular flexibility index (Phi) is 1.48. The highest BCUT2D eigenvalue weighted by molar-refractivity contribution is 7.18. The normalized spacial score (nSPS) is 10.8. The number of hydrogen-bond donors (Lipinski definition) is 2. The maximum atomic E-state index is 9.39. The van der Waals surface area contributed by atoms with E-state index in [1.807, 2.05) is 18.4 Å². The van der Waals surface area contributed by atoms with Crippen LogP contribution in [0.15, 0.2) is 17.5 Å². The molecule has 1 heterocycles. The zero-order valence-corrected chi connectivity index (χ0v) is 7.48. The molecule has 2 rings (SSSR count). The highest BCUT2D eigenvalue weighted by Crippen LogP contribution is 2.34. The number of anilines is 1. The largest absolute Gasteiger partial charge is 0.508 e. The van der Waals surface area contributed by atoms with Gasteiger partial charge in [-0.15, -0.1) is 11.3 Å². The fourth-order valence-electron chi connectivity index (χ4n) is 1.25. The summed E-state index contributed by atoms with van der Waals surface area (Å²) in [5.41, 5.74) is 7.43. The molecule has 0 spiro atoms. The third-order valence-electron chi connectivity index (χ3n) is 1.99. The maximum Gasteiger partial charge on any atom is 0.119 e. The van der Waals surface area contributed by atoms with Gasteiger partial charge in [-0.2, -0.15) is 0 Å². The number of phenolic OH excluding ortho intramolecular Hbond substituents is 1. The minimum atomic E-state index is 0.337. The third-order valence-corrected chi connectivity index (χ3v) is 3.13. The quantitative estimate of drug-likeness (QED) is 0.652. The lowest BCUT2D eigenvalue weighted by molar-refractivity contribution is 0.472. The SMILES string of the molecule is Cc1c(O)ccc2c(N)csc12. The molecular weight excluding hydrogens is 170 g/mol. The molecule has 0 radical (unpaired) electrons. The number of benzene rings is 1. The molecule has 0 aliphatic carbocycles. The van der Waals surface area contributed by atoms with E-state index in [2.05, 4.69) is 0 Å². The van der Waals surface area contributed by atoms with Crippen molar-refractivity contribution in [2.75, 3.05) is 5.73 Å². The van der Waals surface area contributed by atoms with Crippen molar-refractivity contribution in [2.24, 2.45) is 0 Å². The first kappa shape index (κ1) is 7.43. The van der Waals surface area contributed by atoms with Gasteiger partial charge in [0.15, 0.2) is 0 Å². The average Bonchev–Trinajstić information content (AvgIpc) is 2.41. The van der Waals surface area contributed by atoms with Crippen LogP contribution in [0.4, 0.5) is 5.69 Å². The first-order valence-corrected chi connectivity index (χ1v) is 4.53. The smallest absolute Gasteiger partial charge is 0.119 e. The Hall–Kier alpha value is -1.22. The van der Waals surface area contributed by atoms with E-state index >= 15 is 0 Å². The van der Waals surface area contributed by atoms with Gasteiger partial charge in [0.05, 0.1) is 5.69 Å². The number of hydrogen-bond acceptors (Lipinski definition) is 3. The van der Waals surface area contributed by atoms with Crippen molar-refractivity contribution in [3.63, 3.8) is 0 Å². The first-order valence-electron chi connectivity index (χ1n) is 3.65. The van der Waals surface area contributed by atoms with Crippen LogP contribution >= 0.6 is 11.3 Å². The highest BCUT2D eigenvalue weighted by Gasteiger charge is 2.05. The number of nitrogens with two attached hydrogens (primary N) is 1. The monoisotopic (exact) mass is 179 g/mol. The number of aryl methyl sites for hydroxylation is 1. The van der Waals surface area contributed by atoms with Crippen LogP contribution in [0.5, 0.6) is 5.75 Å². The summed E-state index contributed by atoms with van der Waals surface area (Å²) in [6, 6.07) is 3.53. The van der Waals surface area contributed by atoms with Crippen LogP contribution in [0.2, 0.25) is 0 Å². The second kappa shape index (κ2) is 2.38. The Bertz CT molecular complexity index is 433. The molecule has 0 aliphatic heterocycles. The van der Waals surface area contributed by atoms with E-state index in [-0.39, 0.29) is 0 Å². The third kappa shape index (κ3) is 0.865. The van der Waals surface area contributed by atoms with Crippen molar-refractivity contribution < 1.29 is 5.11 Å². The molecule has 3 heteroatoms. The van der Waals surface area contributed by atoms with Gasteiger partial charge in [0, 0.05) is 21.0 Å². The molecule has 0 aliphatic rings. The molecule has 0 saturated heterocycles. The molecule has 0 fully saturated rings. The Morgan fingerprint density at radius 2 is 2.17 bits per heavy atom. The van der Waals surface area contributed by atoms with Gasteiger partial charge in [-0.3, -0.25) is 0 Å². The minimum Gasteiger partial charge on any atom is -0.508 e. The van der Waals surface area contributed by atoms with Gasteiger partial charge in [0.1, 0.15) is 5.75 Å². The van der Waals surface area contributed by atoms with E-state index < -0.39 is 0 Å². The Morgan fingerprint density at radius 3 is 2.92 bits per heavy atom. The van der Waals surface area contributed by atoms with Gasteiger partial charge < -0.3 is 10.8 Å². The second-order valence-electron chi connectivity index (χ2n) is 2.78. The van der Waals surface area contributed by atoms with E-state index in [1.165, 1.54) is 0 Å². The lowest BCUT2D eigenvalue weighted by Gasteiger charge is -1.98. The molecule has 12 heavy (non-hydrogen) atoms. The predicted octanol–water partition coefficient (Wildman–Crippen LogP) is 2.50. The van der Waals surface area contributed by atoms with Crippen molar-refractivity contribution in [3.8, 4) is 5.75 Å². The molecule has 0 amide bonds. The van der Waals surface area contributed by atoms with Crippen molar-refractivity contribution >= 4 is 27.1 Å². The number of thiophene rings is 1. The molecule has 0 unspecified atom stereocenters. The van der Waals surface area contributed by atoms with Gasteiger partial charge in [-0.05, 0) is 19.1 Å². The number of aromatic hydroxyl groups is 1. The van der Waals surface area contributed by atoms with E-state index in [1.54, 1.807) is 17.4 Å². The average molecular weight is 179 g/mol. The lowest BCUT2D eigenvalue weighted by atomic mass is 10.1. The van der Waals surface area contributed by atoms with Crippen LogP contribution < -0.4 is 5.73 Å². The molecule has 0 bridgehead atoms. The summed E-state index contributed by atoms with van der Waals surface area (Å²) in [6.07, 6.45) is 0. The summed E-state index contributed by atoms with van der Waals surface area (Å²) in [7, 11) is 0. The van der Waals surface area contributed by atoms with Gasteiger partial charge in [0.25, 0.3) is 0 Å². The Labute approximate surface area is 74.3 Å². The summed E-state index contributed by atoms with van der Waals surface area (Å²) in [4.78, 5) is 0. The van der Waals surface area contributed by atoms with E-state index in [4.69, 9.17) is 5.73 Å². The predicted molar refractivity (Wildman–Crippen MR) is 52.6 cm³/mol. The Morgan fingerprint density at radius 1 is 1.42 bits per heavy atom. The van der Waals surface area contributed by atoms with Crippen LogP contribution in [-0.2, 0) is 0 Å². The lowest BCUT2D eigenvalue weighted by Crippen LogP contribution is -1.81. The minimum absolute atomic E-state index is 0.337. The van der Waals surface area contributed by atoms with Crippen LogP contribution in [0.25, 0.3) is 10.1 Å². The van der Waals surface area contributed by atoms with Crippen molar-refractivity contribution in [1.82, 2.24) is 0 Å². The van der Waals surface area contributed by atoms with E-state index in [9.17, 15) is 5.11 Å². The summed E-state index contributed by atoms with van der Waals surface area (Å²) < 4.78 is 1.08. The number of fused-ring (bicyclic) bond motifs is 1. The molecule has 1 aromatic carbocycles. The maximum absolute atomic E-state index is 9.39. The molecular formula is C9H9NOS. The van der Waals surface area contributed by atoms with Crippen LogP contribution in [0.3, 0.4) is 0 Å². The zero-order valence-electron chi connectivity index (χ0n) is 6.66. The molecule has 3 N–H and O–H groups in total. The molecule has 2 aromatic rings. The summed E-state index contributed by atoms with van der Waals surface area (Å²) >= 11 is 1.57. The highest BCUT2D eigenvalue weighted by atomic mass is 32.1. The molecule has 1 aromatic heterocycles. The van der Waals surface area contributed by atoms with Crippen LogP contribution in [-0.4, -0.2) is 5.11 Å². The molecule has 62 valence electrons. The van der Waals surface area contributed by atoms with Crippen LogP contribution in [0.1, 0.15) is 5.56 Å². The van der Waals surface area contributed by atoms with Gasteiger partial charge >= 0.3 is 0 Å². The summed E-state index contributed by atoms with van der Waals surface area (Å²) in [5.74, 6) is 0.337. The van der Waals surface area contributed by atoms with E-state index in [0.717, 1.165) is 21.3 Å². The topological polar surface area (TPSA) is 46.2 Å². The van der Waals surface area contributed by atoms with Crippen molar-refractivity contribution in [3.05, 3.63) is 23.1 Å². The van der Waals surface area contributed by atoms with Gasteiger partial charge in [0.2, 0.25) is 0 Å². The fourth-order valence-corrected chi connectivity index (χ4v) is 2.21. The van der Waals surface area contributed by atoms with Crippen molar-refractivity contribution in [2.45, 2.75) is 6.92 Å². The first-order chi connectivity index (χ1) is 5.70. The second-order valence-corrected chi connectivity index (χ2v) is 3.66. The van der Waals surface area contributed by atoms with E-state index in [0.29, 0.717) is 5.75 Å².